The number of hydrogen-bond acceptors (Lipinski definition) is 5. The van der Waals surface area contributed by atoms with Crippen molar-refractivity contribution in [2.24, 2.45) is 5.73 Å². The number of rotatable bonds is 8. The van der Waals surface area contributed by atoms with E-state index >= 15 is 0 Å². The Morgan fingerprint density at radius 3 is 2.03 bits per heavy atom. The van der Waals surface area contributed by atoms with Crippen LogP contribution in [0.2, 0.25) is 5.04 Å². The number of nitrogens with two attached hydrogens (primary N) is 1. The molecule has 0 radical (unpaired) electrons. The van der Waals surface area contributed by atoms with Crippen molar-refractivity contribution >= 4 is 36.6 Å². The van der Waals surface area contributed by atoms with Crippen LogP contribution in [-0.4, -0.2) is 71.1 Å². The first kappa shape index (κ1) is 28.8. The average Bonchev–Trinajstić information content (AvgIpc) is 3.34. The van der Waals surface area contributed by atoms with Gasteiger partial charge in [-0.1, -0.05) is 74.5 Å². The zero-order valence-electron chi connectivity index (χ0n) is 23.6. The van der Waals surface area contributed by atoms with Crippen LogP contribution in [-0.2, 0) is 14.3 Å². The topological polar surface area (TPSA) is 113 Å². The van der Waals surface area contributed by atoms with E-state index in [0.717, 1.165) is 10.4 Å². The SMILES string of the molecule is CC(C)(C)OC(=O)N1CCCC12CN(C(CCC(C)(C)[Si](O)(c1ccccc1)c1ccccc1)C(N)=O)C2=O. The standard InChI is InChI=1S/C30H41N3O5Si/c1-28(2,3)38-27(36)33-20-12-18-30(33)21-32(26(30)35)24(25(31)34)17-19-29(4,5)39(37,22-13-8-6-9-14-22)23-15-10-7-11-16-23/h6-11,13-16,24,37H,12,17-21H2,1-5H3,(H2,31,34). The molecule has 0 aliphatic carbocycles. The molecule has 3 N–H and O–H groups in total. The van der Waals surface area contributed by atoms with Crippen molar-refractivity contribution < 1.29 is 23.9 Å². The summed E-state index contributed by atoms with van der Waals surface area (Å²) in [5.41, 5.74) is 4.19. The normalized spacial score (nSPS) is 20.6. The molecular weight excluding hydrogens is 510 g/mol. The summed E-state index contributed by atoms with van der Waals surface area (Å²) in [4.78, 5) is 54.6. The summed E-state index contributed by atoms with van der Waals surface area (Å²) in [6.07, 6.45) is 1.50. The Morgan fingerprint density at radius 2 is 1.56 bits per heavy atom. The quantitative estimate of drug-likeness (QED) is 0.387. The fourth-order valence-corrected chi connectivity index (χ4v) is 9.89. The maximum absolute atomic E-state index is 13.6. The Labute approximate surface area is 232 Å². The fraction of sp³-hybridized carbons (Fsp3) is 0.500. The molecule has 0 saturated carbocycles. The Hall–Kier alpha value is -3.17. The number of primary amides is 1. The highest BCUT2D eigenvalue weighted by atomic mass is 28.4. The van der Waals surface area contributed by atoms with Crippen LogP contribution in [0.3, 0.4) is 0 Å². The molecule has 3 amide bonds. The van der Waals surface area contributed by atoms with Gasteiger partial charge in [-0.15, -0.1) is 0 Å². The predicted octanol–water partition coefficient (Wildman–Crippen LogP) is 2.76. The van der Waals surface area contributed by atoms with E-state index in [4.69, 9.17) is 10.5 Å². The third kappa shape index (κ3) is 5.22. The fourth-order valence-electron chi connectivity index (χ4n) is 6.13. The van der Waals surface area contributed by atoms with E-state index in [1.54, 1.807) is 20.8 Å². The molecule has 0 aromatic heterocycles. The van der Waals surface area contributed by atoms with Crippen LogP contribution >= 0.6 is 0 Å². The predicted molar refractivity (Wildman–Crippen MR) is 153 cm³/mol. The molecule has 2 fully saturated rings. The van der Waals surface area contributed by atoms with Crippen LogP contribution in [0.1, 0.15) is 60.3 Å². The molecule has 39 heavy (non-hydrogen) atoms. The van der Waals surface area contributed by atoms with Crippen LogP contribution < -0.4 is 16.1 Å². The van der Waals surface area contributed by atoms with Crippen molar-refractivity contribution in [3.63, 3.8) is 0 Å². The molecule has 0 bridgehead atoms. The average molecular weight is 552 g/mol. The number of ether oxygens (including phenoxy) is 1. The molecule has 2 aromatic rings. The van der Waals surface area contributed by atoms with Crippen molar-refractivity contribution in [2.75, 3.05) is 13.1 Å². The van der Waals surface area contributed by atoms with Crippen molar-refractivity contribution in [2.45, 2.75) is 82.5 Å². The van der Waals surface area contributed by atoms with E-state index in [0.29, 0.717) is 32.2 Å². The summed E-state index contributed by atoms with van der Waals surface area (Å²) in [6.45, 7) is 10.1. The molecule has 2 atom stereocenters. The van der Waals surface area contributed by atoms with Crippen LogP contribution in [0.5, 0.6) is 0 Å². The Balaban J connectivity index is 1.55. The minimum Gasteiger partial charge on any atom is -0.444 e. The Bertz CT molecular complexity index is 1170. The zero-order valence-corrected chi connectivity index (χ0v) is 24.6. The first-order valence-electron chi connectivity index (χ1n) is 13.7. The van der Waals surface area contributed by atoms with E-state index in [1.165, 1.54) is 9.80 Å². The van der Waals surface area contributed by atoms with E-state index in [-0.39, 0.29) is 12.5 Å². The van der Waals surface area contributed by atoms with Crippen LogP contribution in [0.15, 0.2) is 60.7 Å². The van der Waals surface area contributed by atoms with Gasteiger partial charge in [0.05, 0.1) is 6.54 Å². The molecular formula is C30H41N3O5Si. The van der Waals surface area contributed by atoms with E-state index in [9.17, 15) is 19.2 Å². The summed E-state index contributed by atoms with van der Waals surface area (Å²) in [5.74, 6) is -0.841. The van der Waals surface area contributed by atoms with Gasteiger partial charge in [0.15, 0.2) is 0 Å². The van der Waals surface area contributed by atoms with Gasteiger partial charge in [0.2, 0.25) is 5.91 Å². The molecule has 4 rings (SSSR count). The van der Waals surface area contributed by atoms with Crippen LogP contribution in [0.25, 0.3) is 0 Å². The van der Waals surface area contributed by atoms with Crippen LogP contribution in [0, 0.1) is 0 Å². The van der Waals surface area contributed by atoms with Gasteiger partial charge in [-0.2, -0.15) is 0 Å². The van der Waals surface area contributed by atoms with E-state index in [2.05, 4.69) is 0 Å². The van der Waals surface area contributed by atoms with Crippen LogP contribution in [0.4, 0.5) is 4.79 Å². The maximum atomic E-state index is 13.6. The van der Waals surface area contributed by atoms with Crippen molar-refractivity contribution in [1.29, 1.82) is 0 Å². The van der Waals surface area contributed by atoms with Gasteiger partial charge in [-0.05, 0) is 61.9 Å². The van der Waals surface area contributed by atoms with E-state index in [1.807, 2.05) is 74.5 Å². The minimum atomic E-state index is -3.28. The van der Waals surface area contributed by atoms with Gasteiger partial charge in [0.25, 0.3) is 14.2 Å². The van der Waals surface area contributed by atoms with Gasteiger partial charge in [0.1, 0.15) is 17.2 Å². The van der Waals surface area contributed by atoms with Gasteiger partial charge >= 0.3 is 6.09 Å². The number of benzene rings is 2. The third-order valence-electron chi connectivity index (χ3n) is 8.30. The smallest absolute Gasteiger partial charge is 0.411 e. The number of likely N-dealkylation sites (tertiary alicyclic amines) is 2. The molecule has 8 nitrogen and oxygen atoms in total. The second kappa shape index (κ2) is 10.4. The molecule has 2 aromatic carbocycles. The Morgan fingerprint density at radius 1 is 1.03 bits per heavy atom. The lowest BCUT2D eigenvalue weighted by molar-refractivity contribution is -0.167. The highest BCUT2D eigenvalue weighted by Gasteiger charge is 2.62. The monoisotopic (exact) mass is 551 g/mol. The molecule has 2 aliphatic heterocycles. The van der Waals surface area contributed by atoms with Gasteiger partial charge < -0.3 is 20.2 Å². The number of nitrogens with zero attached hydrogens (tertiary/aromatic N) is 2. The second-order valence-electron chi connectivity index (χ2n) is 12.5. The number of amides is 3. The lowest BCUT2D eigenvalue weighted by atomic mass is 9.83. The van der Waals surface area contributed by atoms with Gasteiger partial charge in [-0.3, -0.25) is 14.5 Å². The highest BCUT2D eigenvalue weighted by Crippen LogP contribution is 2.44. The zero-order chi connectivity index (χ0) is 28.6. The van der Waals surface area contributed by atoms with E-state index < -0.39 is 42.5 Å². The number of carbonyl (C=O) groups excluding carboxylic acids is 3. The summed E-state index contributed by atoms with van der Waals surface area (Å²) < 4.78 is 5.56. The Kier molecular flexibility index (Phi) is 7.71. The first-order valence-corrected chi connectivity index (χ1v) is 15.6. The molecule has 2 unspecified atom stereocenters. The number of carbonyl (C=O) groups is 3. The highest BCUT2D eigenvalue weighted by molar-refractivity contribution is 6.98. The van der Waals surface area contributed by atoms with Crippen molar-refractivity contribution in [1.82, 2.24) is 9.80 Å². The minimum absolute atomic E-state index is 0.248. The van der Waals surface area contributed by atoms with Crippen molar-refractivity contribution in [3.8, 4) is 0 Å². The largest absolute Gasteiger partial charge is 0.444 e. The van der Waals surface area contributed by atoms with Gasteiger partial charge in [0, 0.05) is 6.54 Å². The first-order chi connectivity index (χ1) is 18.2. The third-order valence-corrected chi connectivity index (χ3v) is 12.9. The number of hydrogen-bond donors (Lipinski definition) is 2. The van der Waals surface area contributed by atoms with Crippen molar-refractivity contribution in [3.05, 3.63) is 60.7 Å². The van der Waals surface area contributed by atoms with Gasteiger partial charge in [-0.25, -0.2) is 4.79 Å². The summed E-state index contributed by atoms with van der Waals surface area (Å²) in [5, 5.41) is 1.18. The lowest BCUT2D eigenvalue weighted by Gasteiger charge is -2.53. The number of β-lactam (4-membered cyclic amide) rings is 1. The summed E-state index contributed by atoms with van der Waals surface area (Å²) >= 11 is 0. The molecule has 1 spiro atoms. The molecule has 9 heteroatoms. The summed E-state index contributed by atoms with van der Waals surface area (Å²) in [7, 11) is -3.28. The molecule has 210 valence electrons. The second-order valence-corrected chi connectivity index (χ2v) is 16.4. The lowest BCUT2D eigenvalue weighted by Crippen LogP contribution is -2.76. The molecule has 2 heterocycles. The maximum Gasteiger partial charge on any atom is 0.411 e. The molecule has 2 saturated heterocycles. The summed E-state index contributed by atoms with van der Waals surface area (Å²) in [6, 6.07) is 18.6. The molecule has 2 aliphatic rings.